The number of allylic oxidation sites excluding steroid dienone is 1. The number of hydrogen-bond donors (Lipinski definition) is 1. The van der Waals surface area contributed by atoms with Crippen LogP contribution in [-0.2, 0) is 18.3 Å². The quantitative estimate of drug-likeness (QED) is 0.796. The highest BCUT2D eigenvalue weighted by Crippen LogP contribution is 2.26. The van der Waals surface area contributed by atoms with E-state index in [9.17, 15) is 10.1 Å². The van der Waals surface area contributed by atoms with Crippen LogP contribution in [0.4, 0.5) is 0 Å². The van der Waals surface area contributed by atoms with Gasteiger partial charge in [0.2, 0.25) is 0 Å². The minimum Gasteiger partial charge on any atom is -0.481 e. The van der Waals surface area contributed by atoms with Gasteiger partial charge in [-0.15, -0.1) is 6.58 Å². The molecule has 0 fully saturated rings. The number of nitriles is 1. The van der Waals surface area contributed by atoms with Crippen molar-refractivity contribution in [1.82, 2.24) is 9.78 Å². The van der Waals surface area contributed by atoms with Crippen molar-refractivity contribution < 1.29 is 9.90 Å². The summed E-state index contributed by atoms with van der Waals surface area (Å²) < 4.78 is 1.73. The van der Waals surface area contributed by atoms with E-state index < -0.39 is 11.9 Å². The summed E-state index contributed by atoms with van der Waals surface area (Å²) in [6.07, 6.45) is 2.90. The Kier molecular flexibility index (Phi) is 5.32. The molecule has 0 saturated carbocycles. The smallest absolute Gasteiger partial charge is 0.303 e. The number of aliphatic carboxylic acids is 1. The van der Waals surface area contributed by atoms with Gasteiger partial charge in [-0.1, -0.05) is 30.3 Å². The normalized spacial score (nSPS) is 11.7. The summed E-state index contributed by atoms with van der Waals surface area (Å²) in [5, 5.41) is 22.4. The number of carboxylic acids is 1. The number of rotatable bonds is 7. The van der Waals surface area contributed by atoms with E-state index >= 15 is 0 Å². The van der Waals surface area contributed by atoms with E-state index in [-0.39, 0.29) is 12.8 Å². The molecule has 0 bridgehead atoms. The number of aryl methyl sites for hydroxylation is 1. The molecule has 118 valence electrons. The molecule has 1 heterocycles. The lowest BCUT2D eigenvalue weighted by Gasteiger charge is -2.03. The maximum Gasteiger partial charge on any atom is 0.303 e. The Morgan fingerprint density at radius 3 is 2.74 bits per heavy atom. The van der Waals surface area contributed by atoms with Crippen LogP contribution < -0.4 is 0 Å². The second-order valence-electron chi connectivity index (χ2n) is 5.38. The molecule has 0 aliphatic carbocycles. The monoisotopic (exact) mass is 309 g/mol. The van der Waals surface area contributed by atoms with Crippen LogP contribution in [0.25, 0.3) is 11.3 Å². The fourth-order valence-corrected chi connectivity index (χ4v) is 2.45. The second kappa shape index (κ2) is 7.41. The van der Waals surface area contributed by atoms with E-state index in [4.69, 9.17) is 5.11 Å². The van der Waals surface area contributed by atoms with Crippen molar-refractivity contribution in [2.45, 2.75) is 25.2 Å². The molecule has 1 N–H and O–H groups in total. The van der Waals surface area contributed by atoms with Crippen LogP contribution in [0.3, 0.4) is 0 Å². The molecule has 0 radical (unpaired) electrons. The predicted octanol–water partition coefficient (Wildman–Crippen LogP) is 3.29. The summed E-state index contributed by atoms with van der Waals surface area (Å²) >= 11 is 0. The van der Waals surface area contributed by atoms with Gasteiger partial charge in [0.15, 0.2) is 0 Å². The predicted molar refractivity (Wildman–Crippen MR) is 87.8 cm³/mol. The van der Waals surface area contributed by atoms with Gasteiger partial charge in [0, 0.05) is 13.5 Å². The van der Waals surface area contributed by atoms with Crippen molar-refractivity contribution >= 4 is 5.97 Å². The molecule has 5 heteroatoms. The Morgan fingerprint density at radius 1 is 1.48 bits per heavy atom. The van der Waals surface area contributed by atoms with Crippen LogP contribution in [0.1, 0.15) is 30.0 Å². The second-order valence-corrected chi connectivity index (χ2v) is 5.38. The summed E-state index contributed by atoms with van der Waals surface area (Å²) in [5.41, 5.74) is 3.71. The minimum absolute atomic E-state index is 0.0413. The van der Waals surface area contributed by atoms with Crippen LogP contribution in [0.15, 0.2) is 43.0 Å². The maximum atomic E-state index is 10.7. The summed E-state index contributed by atoms with van der Waals surface area (Å²) in [7, 11) is 1.82. The van der Waals surface area contributed by atoms with E-state index in [1.165, 1.54) is 5.56 Å². The van der Waals surface area contributed by atoms with Crippen LogP contribution in [0, 0.1) is 11.3 Å². The number of carbonyl (C=O) groups is 1. The average molecular weight is 309 g/mol. The van der Waals surface area contributed by atoms with Crippen LogP contribution in [-0.4, -0.2) is 20.9 Å². The van der Waals surface area contributed by atoms with Gasteiger partial charge in [0.05, 0.1) is 23.4 Å². The Morgan fingerprint density at radius 2 is 2.17 bits per heavy atom. The van der Waals surface area contributed by atoms with Gasteiger partial charge in [-0.3, -0.25) is 9.48 Å². The summed E-state index contributed by atoms with van der Waals surface area (Å²) in [5.74, 6) is -1.41. The number of carboxylic acid groups (broad SMARTS) is 1. The number of aromatic nitrogens is 2. The van der Waals surface area contributed by atoms with Crippen LogP contribution >= 0.6 is 0 Å². The zero-order chi connectivity index (χ0) is 16.8. The standard InChI is InChI=1S/C18H19N3O2/c1-3-4-13-5-7-14(8-6-13)17-11-16(20-21(17)2)15(12-19)9-10-18(22)23/h3,5-8,11,15H,1,4,9-10H2,2H3,(H,22,23). The van der Waals surface area contributed by atoms with Gasteiger partial charge < -0.3 is 5.11 Å². The number of hydrogen-bond acceptors (Lipinski definition) is 3. The maximum absolute atomic E-state index is 10.7. The fourth-order valence-electron chi connectivity index (χ4n) is 2.45. The third-order valence-electron chi connectivity index (χ3n) is 3.69. The van der Waals surface area contributed by atoms with Gasteiger partial charge >= 0.3 is 5.97 Å². The molecule has 1 aromatic carbocycles. The van der Waals surface area contributed by atoms with Gasteiger partial charge in [0.25, 0.3) is 0 Å². The van der Waals surface area contributed by atoms with Crippen molar-refractivity contribution in [3.8, 4) is 17.3 Å². The third-order valence-corrected chi connectivity index (χ3v) is 3.69. The molecule has 5 nitrogen and oxygen atoms in total. The summed E-state index contributed by atoms with van der Waals surface area (Å²) in [6.45, 7) is 3.73. The molecule has 23 heavy (non-hydrogen) atoms. The molecule has 0 aliphatic heterocycles. The van der Waals surface area contributed by atoms with Gasteiger partial charge in [0.1, 0.15) is 0 Å². The molecule has 0 saturated heterocycles. The lowest BCUT2D eigenvalue weighted by molar-refractivity contribution is -0.137. The number of benzene rings is 1. The van der Waals surface area contributed by atoms with Crippen molar-refractivity contribution in [3.05, 3.63) is 54.2 Å². The summed E-state index contributed by atoms with van der Waals surface area (Å²) in [6, 6.07) is 12.1. The molecule has 2 aromatic rings. The lowest BCUT2D eigenvalue weighted by atomic mass is 10.00. The third kappa shape index (κ3) is 4.07. The largest absolute Gasteiger partial charge is 0.481 e. The first-order valence-corrected chi connectivity index (χ1v) is 7.40. The van der Waals surface area contributed by atoms with Gasteiger partial charge in [-0.2, -0.15) is 10.4 Å². The summed E-state index contributed by atoms with van der Waals surface area (Å²) in [4.78, 5) is 10.7. The molecule has 0 amide bonds. The van der Waals surface area contributed by atoms with Crippen molar-refractivity contribution in [3.63, 3.8) is 0 Å². The fraction of sp³-hybridized carbons (Fsp3) is 0.278. The zero-order valence-electron chi connectivity index (χ0n) is 13.1. The Hall–Kier alpha value is -2.87. The Bertz CT molecular complexity index is 739. The van der Waals surface area contributed by atoms with Crippen LogP contribution in [0.2, 0.25) is 0 Å². The highest BCUT2D eigenvalue weighted by Gasteiger charge is 2.18. The molecule has 1 unspecified atom stereocenters. The SMILES string of the molecule is C=CCc1ccc(-c2cc(C(C#N)CCC(=O)O)nn2C)cc1. The van der Waals surface area contributed by atoms with E-state index in [0.29, 0.717) is 5.69 Å². The van der Waals surface area contributed by atoms with Crippen molar-refractivity contribution in [2.24, 2.45) is 7.05 Å². The van der Waals surface area contributed by atoms with E-state index in [1.54, 1.807) is 4.68 Å². The molecule has 0 aliphatic rings. The molecular formula is C18H19N3O2. The molecular weight excluding hydrogens is 290 g/mol. The highest BCUT2D eigenvalue weighted by atomic mass is 16.4. The average Bonchev–Trinajstić information content (AvgIpc) is 2.90. The van der Waals surface area contributed by atoms with Crippen molar-refractivity contribution in [1.29, 1.82) is 5.26 Å². The van der Waals surface area contributed by atoms with Crippen molar-refractivity contribution in [2.75, 3.05) is 0 Å². The van der Waals surface area contributed by atoms with Gasteiger partial charge in [-0.25, -0.2) is 0 Å². The topological polar surface area (TPSA) is 78.9 Å². The van der Waals surface area contributed by atoms with E-state index in [1.807, 2.05) is 43.5 Å². The Labute approximate surface area is 135 Å². The molecule has 1 atom stereocenters. The molecule has 2 rings (SSSR count). The molecule has 0 spiro atoms. The first-order valence-electron chi connectivity index (χ1n) is 7.40. The van der Waals surface area contributed by atoms with Gasteiger partial charge in [-0.05, 0) is 30.0 Å². The lowest BCUT2D eigenvalue weighted by Crippen LogP contribution is -2.03. The van der Waals surface area contributed by atoms with E-state index in [2.05, 4.69) is 17.7 Å². The zero-order valence-corrected chi connectivity index (χ0v) is 13.1. The Balaban J connectivity index is 2.24. The highest BCUT2D eigenvalue weighted by molar-refractivity contribution is 5.67. The first kappa shape index (κ1) is 16.5. The first-order chi connectivity index (χ1) is 11.0. The van der Waals surface area contributed by atoms with Crippen LogP contribution in [0.5, 0.6) is 0 Å². The minimum atomic E-state index is -0.904. The number of nitrogens with zero attached hydrogens (tertiary/aromatic N) is 3. The molecule has 1 aromatic heterocycles. The van der Waals surface area contributed by atoms with E-state index in [0.717, 1.165) is 17.7 Å².